The van der Waals surface area contributed by atoms with Crippen LogP contribution in [-0.2, 0) is 14.4 Å². The SMILES string of the molecule is CC(C)[C@@H](C(=O)O)N(C)C(=O)[C@H]1CCN(C(=O)/C=C/n2cncn2)C1. The van der Waals surface area contributed by atoms with Crippen LogP contribution >= 0.6 is 0 Å². The molecule has 136 valence electrons. The molecule has 9 nitrogen and oxygen atoms in total. The van der Waals surface area contributed by atoms with Crippen LogP contribution in [0.3, 0.4) is 0 Å². The average molecular weight is 349 g/mol. The summed E-state index contributed by atoms with van der Waals surface area (Å²) >= 11 is 0. The summed E-state index contributed by atoms with van der Waals surface area (Å²) in [5.41, 5.74) is 0. The summed E-state index contributed by atoms with van der Waals surface area (Å²) in [6, 6.07) is -0.871. The van der Waals surface area contributed by atoms with Gasteiger partial charge in [0.2, 0.25) is 11.8 Å². The van der Waals surface area contributed by atoms with Crippen molar-refractivity contribution >= 4 is 24.0 Å². The van der Waals surface area contributed by atoms with Crippen LogP contribution in [0.4, 0.5) is 0 Å². The maximum atomic E-state index is 12.6. The van der Waals surface area contributed by atoms with E-state index in [-0.39, 0.29) is 30.2 Å². The third-order valence-electron chi connectivity index (χ3n) is 4.30. The van der Waals surface area contributed by atoms with E-state index in [1.165, 1.54) is 41.6 Å². The summed E-state index contributed by atoms with van der Waals surface area (Å²) in [5, 5.41) is 13.2. The minimum atomic E-state index is -1.02. The lowest BCUT2D eigenvalue weighted by Crippen LogP contribution is -2.48. The maximum Gasteiger partial charge on any atom is 0.326 e. The van der Waals surface area contributed by atoms with Gasteiger partial charge < -0.3 is 14.9 Å². The number of likely N-dealkylation sites (tertiary alicyclic amines) is 1. The third-order valence-corrected chi connectivity index (χ3v) is 4.30. The molecule has 1 fully saturated rings. The molecule has 25 heavy (non-hydrogen) atoms. The molecule has 1 aliphatic heterocycles. The number of carboxylic acids is 1. The van der Waals surface area contributed by atoms with Gasteiger partial charge in [0, 0.05) is 32.4 Å². The Morgan fingerprint density at radius 1 is 1.36 bits per heavy atom. The van der Waals surface area contributed by atoms with Gasteiger partial charge >= 0.3 is 5.97 Å². The highest BCUT2D eigenvalue weighted by Crippen LogP contribution is 2.21. The molecule has 1 aliphatic rings. The first-order valence-electron chi connectivity index (χ1n) is 8.12. The number of hydrogen-bond acceptors (Lipinski definition) is 5. The van der Waals surface area contributed by atoms with E-state index in [2.05, 4.69) is 10.1 Å². The fraction of sp³-hybridized carbons (Fsp3) is 0.562. The van der Waals surface area contributed by atoms with Crippen LogP contribution in [0.5, 0.6) is 0 Å². The number of aliphatic carboxylic acids is 1. The molecule has 0 saturated carbocycles. The van der Waals surface area contributed by atoms with Gasteiger partial charge in [-0.2, -0.15) is 5.10 Å². The lowest BCUT2D eigenvalue weighted by molar-refractivity contribution is -0.152. The van der Waals surface area contributed by atoms with Crippen molar-refractivity contribution in [1.29, 1.82) is 0 Å². The highest BCUT2D eigenvalue weighted by molar-refractivity contribution is 5.91. The standard InChI is InChI=1S/C16H23N5O4/c1-11(2)14(16(24)25)19(3)15(23)12-4-6-20(8-12)13(22)5-7-21-10-17-9-18-21/h5,7,9-12,14H,4,6,8H2,1-3H3,(H,24,25)/b7-5+/t12-,14-/m0/s1. The van der Waals surface area contributed by atoms with Crippen molar-refractivity contribution in [3.63, 3.8) is 0 Å². The minimum Gasteiger partial charge on any atom is -0.480 e. The largest absolute Gasteiger partial charge is 0.480 e. The van der Waals surface area contributed by atoms with Gasteiger partial charge in [-0.3, -0.25) is 9.59 Å². The normalized spacial score (nSPS) is 18.7. The van der Waals surface area contributed by atoms with Crippen LogP contribution in [0.25, 0.3) is 6.20 Å². The van der Waals surface area contributed by atoms with Crippen molar-refractivity contribution in [3.05, 3.63) is 18.7 Å². The van der Waals surface area contributed by atoms with Gasteiger partial charge in [0.25, 0.3) is 0 Å². The second-order valence-corrected chi connectivity index (χ2v) is 6.44. The van der Waals surface area contributed by atoms with E-state index < -0.39 is 12.0 Å². The maximum absolute atomic E-state index is 12.6. The van der Waals surface area contributed by atoms with Crippen molar-refractivity contribution in [2.75, 3.05) is 20.1 Å². The molecule has 0 unspecified atom stereocenters. The van der Waals surface area contributed by atoms with Crippen LogP contribution in [0.2, 0.25) is 0 Å². The van der Waals surface area contributed by atoms with E-state index in [9.17, 15) is 19.5 Å². The third kappa shape index (κ3) is 4.43. The Hall–Kier alpha value is -2.71. The van der Waals surface area contributed by atoms with E-state index in [1.807, 2.05) is 0 Å². The summed E-state index contributed by atoms with van der Waals surface area (Å²) in [6.45, 7) is 4.28. The zero-order valence-electron chi connectivity index (χ0n) is 14.6. The Morgan fingerprint density at radius 2 is 2.08 bits per heavy atom. The monoisotopic (exact) mass is 349 g/mol. The molecular formula is C16H23N5O4. The molecule has 2 rings (SSSR count). The number of likely N-dealkylation sites (N-methyl/N-ethyl adjacent to an activating group) is 1. The number of carbonyl (C=O) groups is 3. The second kappa shape index (κ2) is 7.91. The van der Waals surface area contributed by atoms with Crippen molar-refractivity contribution in [1.82, 2.24) is 24.6 Å². The first-order chi connectivity index (χ1) is 11.8. The minimum absolute atomic E-state index is 0.198. The number of nitrogens with zero attached hydrogens (tertiary/aromatic N) is 5. The average Bonchev–Trinajstić information content (AvgIpc) is 3.22. The topological polar surface area (TPSA) is 109 Å². The predicted octanol–water partition coefficient (Wildman–Crippen LogP) is 0.165. The number of hydrogen-bond donors (Lipinski definition) is 1. The highest BCUT2D eigenvalue weighted by atomic mass is 16.4. The van der Waals surface area contributed by atoms with E-state index >= 15 is 0 Å². The van der Waals surface area contributed by atoms with Crippen LogP contribution in [-0.4, -0.2) is 73.6 Å². The molecule has 2 heterocycles. The molecule has 0 bridgehead atoms. The molecule has 1 saturated heterocycles. The first kappa shape index (κ1) is 18.6. The van der Waals surface area contributed by atoms with Crippen LogP contribution in [0, 0.1) is 11.8 Å². The first-order valence-corrected chi connectivity index (χ1v) is 8.12. The molecule has 0 aliphatic carbocycles. The quantitative estimate of drug-likeness (QED) is 0.733. The number of amides is 2. The summed E-state index contributed by atoms with van der Waals surface area (Å²) < 4.78 is 1.41. The lowest BCUT2D eigenvalue weighted by atomic mass is 10.0. The van der Waals surface area contributed by atoms with E-state index in [4.69, 9.17) is 0 Å². The number of rotatable bonds is 6. The molecule has 0 aromatic carbocycles. The van der Waals surface area contributed by atoms with Crippen LogP contribution < -0.4 is 0 Å². The molecule has 9 heteroatoms. The Labute approximate surface area is 145 Å². The fourth-order valence-electron chi connectivity index (χ4n) is 3.02. The number of aromatic nitrogens is 3. The van der Waals surface area contributed by atoms with Crippen molar-refractivity contribution in [2.24, 2.45) is 11.8 Å². The Balaban J connectivity index is 1.96. The lowest BCUT2D eigenvalue weighted by Gasteiger charge is -2.29. The molecule has 2 amide bonds. The highest BCUT2D eigenvalue weighted by Gasteiger charge is 2.37. The summed E-state index contributed by atoms with van der Waals surface area (Å²) in [4.78, 5) is 42.8. The molecule has 1 N–H and O–H groups in total. The summed E-state index contributed by atoms with van der Waals surface area (Å²) in [5.74, 6) is -2.05. The second-order valence-electron chi connectivity index (χ2n) is 6.44. The Morgan fingerprint density at radius 3 is 2.64 bits per heavy atom. The van der Waals surface area contributed by atoms with E-state index in [1.54, 1.807) is 18.7 Å². The van der Waals surface area contributed by atoms with Crippen LogP contribution in [0.15, 0.2) is 18.7 Å². The van der Waals surface area contributed by atoms with Crippen molar-refractivity contribution in [3.8, 4) is 0 Å². The van der Waals surface area contributed by atoms with E-state index in [0.717, 1.165) is 0 Å². The van der Waals surface area contributed by atoms with Crippen LogP contribution in [0.1, 0.15) is 20.3 Å². The molecule has 1 aromatic heterocycles. The molecule has 2 atom stereocenters. The predicted molar refractivity (Wildman–Crippen MR) is 89.1 cm³/mol. The van der Waals surface area contributed by atoms with Gasteiger partial charge in [0.1, 0.15) is 18.7 Å². The van der Waals surface area contributed by atoms with E-state index in [0.29, 0.717) is 13.0 Å². The fourth-order valence-corrected chi connectivity index (χ4v) is 3.02. The zero-order valence-corrected chi connectivity index (χ0v) is 14.6. The summed E-state index contributed by atoms with van der Waals surface area (Å²) in [6.07, 6.45) is 6.22. The van der Waals surface area contributed by atoms with Gasteiger partial charge in [-0.25, -0.2) is 14.5 Å². The molecule has 1 aromatic rings. The van der Waals surface area contributed by atoms with Gasteiger partial charge in [-0.05, 0) is 12.3 Å². The smallest absolute Gasteiger partial charge is 0.326 e. The Kier molecular flexibility index (Phi) is 5.89. The molecule has 0 radical (unpaired) electrons. The number of carbonyl (C=O) groups excluding carboxylic acids is 2. The van der Waals surface area contributed by atoms with Gasteiger partial charge in [0.15, 0.2) is 0 Å². The molecular weight excluding hydrogens is 326 g/mol. The number of carboxylic acid groups (broad SMARTS) is 1. The van der Waals surface area contributed by atoms with Crippen molar-refractivity contribution < 1.29 is 19.5 Å². The van der Waals surface area contributed by atoms with Gasteiger partial charge in [-0.1, -0.05) is 13.8 Å². The zero-order chi connectivity index (χ0) is 18.6. The van der Waals surface area contributed by atoms with Gasteiger partial charge in [0.05, 0.1) is 5.92 Å². The van der Waals surface area contributed by atoms with Crippen molar-refractivity contribution in [2.45, 2.75) is 26.3 Å². The Bertz CT molecular complexity index is 655. The molecule has 0 spiro atoms. The summed E-state index contributed by atoms with van der Waals surface area (Å²) in [7, 11) is 1.51. The van der Waals surface area contributed by atoms with Gasteiger partial charge in [-0.15, -0.1) is 0 Å².